The summed E-state index contributed by atoms with van der Waals surface area (Å²) in [6.45, 7) is 2.51. The Morgan fingerprint density at radius 2 is 1.96 bits per heavy atom. The summed E-state index contributed by atoms with van der Waals surface area (Å²) in [5.41, 5.74) is 3.04. The maximum atomic E-state index is 12.8. The Kier molecular flexibility index (Phi) is 5.19. The third kappa shape index (κ3) is 3.81. The SMILES string of the molecule is CC(OC(=O)CCc1ccc2c(c1)OCO2)C(=O)N1CCCc2ccccc21. The molecule has 146 valence electrons. The molecular formula is C22H23NO5. The van der Waals surface area contributed by atoms with Gasteiger partial charge in [-0.1, -0.05) is 24.3 Å². The highest BCUT2D eigenvalue weighted by Crippen LogP contribution is 2.33. The molecule has 0 aliphatic carbocycles. The molecule has 4 rings (SSSR count). The van der Waals surface area contributed by atoms with Crippen molar-refractivity contribution < 1.29 is 23.8 Å². The van der Waals surface area contributed by atoms with Gasteiger partial charge in [0.05, 0.1) is 0 Å². The van der Waals surface area contributed by atoms with Crippen molar-refractivity contribution in [3.05, 3.63) is 53.6 Å². The number of hydrogen-bond donors (Lipinski definition) is 0. The number of amides is 1. The van der Waals surface area contributed by atoms with E-state index in [1.54, 1.807) is 11.8 Å². The number of benzene rings is 2. The second-order valence-electron chi connectivity index (χ2n) is 7.04. The molecule has 0 saturated carbocycles. The monoisotopic (exact) mass is 381 g/mol. The number of rotatable bonds is 5. The number of carbonyl (C=O) groups excluding carboxylic acids is 2. The Morgan fingerprint density at radius 3 is 2.86 bits per heavy atom. The lowest BCUT2D eigenvalue weighted by molar-refractivity contribution is -0.153. The van der Waals surface area contributed by atoms with Gasteiger partial charge in [0.15, 0.2) is 17.6 Å². The molecule has 2 aliphatic heterocycles. The van der Waals surface area contributed by atoms with Crippen molar-refractivity contribution >= 4 is 17.6 Å². The van der Waals surface area contributed by atoms with Crippen LogP contribution in [0.5, 0.6) is 11.5 Å². The third-order valence-corrected chi connectivity index (χ3v) is 5.09. The molecule has 0 aromatic heterocycles. The lowest BCUT2D eigenvalue weighted by Crippen LogP contribution is -2.42. The lowest BCUT2D eigenvalue weighted by atomic mass is 10.0. The van der Waals surface area contributed by atoms with E-state index in [1.165, 1.54) is 0 Å². The van der Waals surface area contributed by atoms with Gasteiger partial charge in [0.1, 0.15) is 0 Å². The van der Waals surface area contributed by atoms with Gasteiger partial charge in [-0.2, -0.15) is 0 Å². The van der Waals surface area contributed by atoms with Crippen molar-refractivity contribution in [3.63, 3.8) is 0 Å². The smallest absolute Gasteiger partial charge is 0.306 e. The van der Waals surface area contributed by atoms with Crippen molar-refractivity contribution in [3.8, 4) is 11.5 Å². The van der Waals surface area contributed by atoms with Crippen molar-refractivity contribution in [2.45, 2.75) is 38.7 Å². The summed E-state index contributed by atoms with van der Waals surface area (Å²) in [7, 11) is 0. The molecule has 1 atom stereocenters. The van der Waals surface area contributed by atoms with Crippen LogP contribution in [0.15, 0.2) is 42.5 Å². The van der Waals surface area contributed by atoms with Gasteiger partial charge in [-0.15, -0.1) is 0 Å². The predicted octanol–water partition coefficient (Wildman–Crippen LogP) is 3.26. The molecule has 6 heteroatoms. The molecule has 2 heterocycles. The molecule has 2 aromatic carbocycles. The van der Waals surface area contributed by atoms with E-state index in [0.29, 0.717) is 24.5 Å². The minimum atomic E-state index is -0.810. The minimum absolute atomic E-state index is 0.177. The number of fused-ring (bicyclic) bond motifs is 2. The van der Waals surface area contributed by atoms with E-state index in [-0.39, 0.29) is 25.1 Å². The van der Waals surface area contributed by atoms with E-state index in [0.717, 1.165) is 29.7 Å². The van der Waals surface area contributed by atoms with Crippen molar-refractivity contribution in [1.82, 2.24) is 0 Å². The molecule has 0 spiro atoms. The molecule has 0 saturated heterocycles. The molecule has 0 bridgehead atoms. The topological polar surface area (TPSA) is 65.1 Å². The van der Waals surface area contributed by atoms with Gasteiger partial charge in [0, 0.05) is 18.7 Å². The van der Waals surface area contributed by atoms with Crippen LogP contribution >= 0.6 is 0 Å². The van der Waals surface area contributed by atoms with Gasteiger partial charge in [-0.25, -0.2) is 0 Å². The fraction of sp³-hybridized carbons (Fsp3) is 0.364. The summed E-state index contributed by atoms with van der Waals surface area (Å²) in [5.74, 6) is 0.845. The molecular weight excluding hydrogens is 358 g/mol. The van der Waals surface area contributed by atoms with Gasteiger partial charge in [0.2, 0.25) is 6.79 Å². The maximum absolute atomic E-state index is 12.8. The number of ether oxygens (including phenoxy) is 3. The summed E-state index contributed by atoms with van der Waals surface area (Å²) in [4.78, 5) is 26.8. The van der Waals surface area contributed by atoms with Crippen LogP contribution in [0.4, 0.5) is 5.69 Å². The Hall–Kier alpha value is -3.02. The van der Waals surface area contributed by atoms with Crippen LogP contribution in [-0.4, -0.2) is 31.3 Å². The number of esters is 1. The fourth-order valence-corrected chi connectivity index (χ4v) is 3.63. The van der Waals surface area contributed by atoms with Crippen LogP contribution in [0.3, 0.4) is 0 Å². The summed E-state index contributed by atoms with van der Waals surface area (Å²) in [6.07, 6.45) is 1.78. The second kappa shape index (κ2) is 7.92. The van der Waals surface area contributed by atoms with Crippen molar-refractivity contribution in [1.29, 1.82) is 0 Å². The molecule has 0 radical (unpaired) electrons. The molecule has 2 aliphatic rings. The van der Waals surface area contributed by atoms with Gasteiger partial charge < -0.3 is 19.1 Å². The van der Waals surface area contributed by atoms with Gasteiger partial charge >= 0.3 is 5.97 Å². The van der Waals surface area contributed by atoms with E-state index < -0.39 is 6.10 Å². The van der Waals surface area contributed by atoms with E-state index in [9.17, 15) is 9.59 Å². The summed E-state index contributed by atoms with van der Waals surface area (Å²) < 4.78 is 16.0. The average Bonchev–Trinajstić information content (AvgIpc) is 3.19. The second-order valence-corrected chi connectivity index (χ2v) is 7.04. The quantitative estimate of drug-likeness (QED) is 0.744. The first-order valence-corrected chi connectivity index (χ1v) is 9.59. The molecule has 1 amide bonds. The number of carbonyl (C=O) groups is 2. The summed E-state index contributed by atoms with van der Waals surface area (Å²) in [5, 5.41) is 0. The highest BCUT2D eigenvalue weighted by molar-refractivity contribution is 5.98. The summed E-state index contributed by atoms with van der Waals surface area (Å²) >= 11 is 0. The first-order valence-electron chi connectivity index (χ1n) is 9.59. The van der Waals surface area contributed by atoms with E-state index in [1.807, 2.05) is 42.5 Å². The largest absolute Gasteiger partial charge is 0.454 e. The zero-order valence-corrected chi connectivity index (χ0v) is 15.8. The number of nitrogens with zero attached hydrogens (tertiary/aromatic N) is 1. The van der Waals surface area contributed by atoms with E-state index in [2.05, 4.69) is 0 Å². The Morgan fingerprint density at radius 1 is 1.14 bits per heavy atom. The van der Waals surface area contributed by atoms with Crippen molar-refractivity contribution in [2.24, 2.45) is 0 Å². The van der Waals surface area contributed by atoms with Crippen LogP contribution in [-0.2, 0) is 27.2 Å². The Bertz CT molecular complexity index is 894. The molecule has 6 nitrogen and oxygen atoms in total. The normalized spacial score (nSPS) is 15.7. The zero-order chi connectivity index (χ0) is 19.5. The van der Waals surface area contributed by atoms with Crippen LogP contribution in [0.2, 0.25) is 0 Å². The summed E-state index contributed by atoms with van der Waals surface area (Å²) in [6, 6.07) is 13.5. The third-order valence-electron chi connectivity index (χ3n) is 5.09. The number of anilines is 1. The zero-order valence-electron chi connectivity index (χ0n) is 15.8. The van der Waals surface area contributed by atoms with Gasteiger partial charge in [-0.3, -0.25) is 9.59 Å². The standard InChI is InChI=1S/C22H23NO5/c1-15(22(25)23-12-4-6-17-5-2-3-7-18(17)23)28-21(24)11-9-16-8-10-19-20(13-16)27-14-26-19/h2-3,5,7-8,10,13,15H,4,6,9,11-12,14H2,1H3. The molecule has 0 N–H and O–H groups in total. The van der Waals surface area contributed by atoms with Crippen LogP contribution in [0, 0.1) is 0 Å². The number of aryl methyl sites for hydroxylation is 2. The molecule has 0 fully saturated rings. The highest BCUT2D eigenvalue weighted by Gasteiger charge is 2.28. The van der Waals surface area contributed by atoms with Crippen LogP contribution < -0.4 is 14.4 Å². The van der Waals surface area contributed by atoms with Crippen LogP contribution in [0.25, 0.3) is 0 Å². The fourth-order valence-electron chi connectivity index (χ4n) is 3.63. The van der Waals surface area contributed by atoms with Crippen LogP contribution in [0.1, 0.15) is 30.9 Å². The number of hydrogen-bond acceptors (Lipinski definition) is 5. The predicted molar refractivity (Wildman–Crippen MR) is 104 cm³/mol. The Labute approximate surface area is 164 Å². The van der Waals surface area contributed by atoms with E-state index >= 15 is 0 Å². The highest BCUT2D eigenvalue weighted by atomic mass is 16.7. The van der Waals surface area contributed by atoms with Gasteiger partial charge in [-0.05, 0) is 55.5 Å². The van der Waals surface area contributed by atoms with Gasteiger partial charge in [0.25, 0.3) is 5.91 Å². The minimum Gasteiger partial charge on any atom is -0.454 e. The molecule has 28 heavy (non-hydrogen) atoms. The number of para-hydroxylation sites is 1. The maximum Gasteiger partial charge on any atom is 0.306 e. The first kappa shape index (κ1) is 18.3. The molecule has 2 aromatic rings. The lowest BCUT2D eigenvalue weighted by Gasteiger charge is -2.31. The van der Waals surface area contributed by atoms with Crippen molar-refractivity contribution in [2.75, 3.05) is 18.2 Å². The average molecular weight is 381 g/mol. The van der Waals surface area contributed by atoms with E-state index in [4.69, 9.17) is 14.2 Å². The Balaban J connectivity index is 1.33. The molecule has 1 unspecified atom stereocenters. The first-order chi connectivity index (χ1) is 13.6.